The van der Waals surface area contributed by atoms with Crippen molar-refractivity contribution in [2.75, 3.05) is 0 Å². The minimum absolute atomic E-state index is 0.0235. The topological polar surface area (TPSA) is 161 Å². The maximum absolute atomic E-state index is 13.9. The van der Waals surface area contributed by atoms with E-state index in [1.807, 2.05) is 5.38 Å². The van der Waals surface area contributed by atoms with Crippen molar-refractivity contribution in [3.8, 4) is 17.2 Å². The van der Waals surface area contributed by atoms with Crippen LogP contribution in [0.5, 0.6) is 17.2 Å². The monoisotopic (exact) mass is 548 g/mol. The third kappa shape index (κ3) is 4.04. The molecule has 0 saturated carbocycles. The van der Waals surface area contributed by atoms with Gasteiger partial charge in [0.1, 0.15) is 46.2 Å². The van der Waals surface area contributed by atoms with Crippen LogP contribution in [-0.2, 0) is 28.1 Å². The second-order valence-electron chi connectivity index (χ2n) is 9.55. The molecule has 1 atom stereocenters. The molecule has 0 fully saturated rings. The van der Waals surface area contributed by atoms with Crippen LogP contribution in [0.2, 0.25) is 0 Å². The molecule has 12 heteroatoms. The lowest BCUT2D eigenvalue weighted by molar-refractivity contribution is -0.123. The number of fused-ring (bicyclic) bond motifs is 3. The predicted molar refractivity (Wildman–Crippen MR) is 139 cm³/mol. The molecule has 1 aliphatic carbocycles. The molecule has 0 amide bonds. The Labute approximate surface area is 226 Å². The molecule has 0 radical (unpaired) electrons. The molecule has 1 unspecified atom stereocenters. The van der Waals surface area contributed by atoms with Gasteiger partial charge in [-0.05, 0) is 39.1 Å². The first-order chi connectivity index (χ1) is 18.4. The SMILES string of the molecule is CC(=O)c1c(O)c(C)c(O)c2c1OC1=CC(=O)/C(=C(/C)NCc3cn(CC(=O)c4cccs4)nn3)C(=O)C12C. The number of benzene rings is 1. The number of ketones is 4. The molecular formula is C27H24N4O7S. The highest BCUT2D eigenvalue weighted by atomic mass is 32.1. The zero-order valence-corrected chi connectivity index (χ0v) is 22.3. The van der Waals surface area contributed by atoms with Gasteiger partial charge in [0.25, 0.3) is 0 Å². The number of rotatable bonds is 7. The summed E-state index contributed by atoms with van der Waals surface area (Å²) in [7, 11) is 0. The smallest absolute Gasteiger partial charge is 0.194 e. The van der Waals surface area contributed by atoms with Crippen LogP contribution in [-0.4, -0.2) is 48.3 Å². The largest absolute Gasteiger partial charge is 0.507 e. The van der Waals surface area contributed by atoms with Gasteiger partial charge >= 0.3 is 0 Å². The molecule has 5 rings (SSSR count). The van der Waals surface area contributed by atoms with E-state index < -0.39 is 28.5 Å². The van der Waals surface area contributed by atoms with Crippen LogP contribution >= 0.6 is 11.3 Å². The summed E-state index contributed by atoms with van der Waals surface area (Å²) < 4.78 is 7.18. The number of ether oxygens (including phenoxy) is 1. The summed E-state index contributed by atoms with van der Waals surface area (Å²) in [5.74, 6) is -2.87. The Bertz CT molecular complexity index is 1650. The van der Waals surface area contributed by atoms with Gasteiger partial charge in [0.15, 0.2) is 23.1 Å². The summed E-state index contributed by atoms with van der Waals surface area (Å²) in [6.07, 6.45) is 2.75. The van der Waals surface area contributed by atoms with E-state index in [1.54, 1.807) is 25.3 Å². The number of allylic oxidation sites excluding steroid dienone is 4. The van der Waals surface area contributed by atoms with Gasteiger partial charge < -0.3 is 20.3 Å². The molecule has 2 aromatic heterocycles. The van der Waals surface area contributed by atoms with Gasteiger partial charge in [0, 0.05) is 17.3 Å². The van der Waals surface area contributed by atoms with Crippen LogP contribution in [0.25, 0.3) is 0 Å². The van der Waals surface area contributed by atoms with Crippen molar-refractivity contribution in [2.24, 2.45) is 0 Å². The van der Waals surface area contributed by atoms with E-state index >= 15 is 0 Å². The van der Waals surface area contributed by atoms with Crippen molar-refractivity contribution < 1.29 is 34.1 Å². The Balaban J connectivity index is 1.43. The second kappa shape index (κ2) is 9.31. The fraction of sp³-hybridized carbons (Fsp3) is 0.259. The zero-order valence-electron chi connectivity index (χ0n) is 21.5. The highest BCUT2D eigenvalue weighted by molar-refractivity contribution is 7.12. The number of thiophene rings is 1. The standard InChI is InChI=1S/C27H24N4O7S/c1-12-23(35)21(14(3)32)25-22(24(12)36)27(4)19(38-25)8-16(33)20(26(27)37)13(2)28-9-15-10-31(30-29-15)11-17(34)18-6-5-7-39-18/h5-8,10,28,35-36H,9,11H2,1-4H3/b20-13+. The first-order valence-corrected chi connectivity index (χ1v) is 12.8. The molecule has 3 N–H and O–H groups in total. The van der Waals surface area contributed by atoms with E-state index in [2.05, 4.69) is 15.6 Å². The van der Waals surface area contributed by atoms with Gasteiger partial charge in [0.2, 0.25) is 0 Å². The van der Waals surface area contributed by atoms with Gasteiger partial charge in [-0.2, -0.15) is 0 Å². The molecule has 0 spiro atoms. The maximum Gasteiger partial charge on any atom is 0.194 e. The normalized spacial score (nSPS) is 19.2. The number of carbonyl (C=O) groups excluding carboxylic acids is 4. The highest BCUT2D eigenvalue weighted by Gasteiger charge is 2.56. The summed E-state index contributed by atoms with van der Waals surface area (Å²) >= 11 is 1.34. The fourth-order valence-electron chi connectivity index (χ4n) is 4.83. The third-order valence-corrected chi connectivity index (χ3v) is 7.89. The molecule has 1 aromatic carbocycles. The van der Waals surface area contributed by atoms with Gasteiger partial charge in [0.05, 0.1) is 28.8 Å². The average molecular weight is 549 g/mol. The Kier molecular flexibility index (Phi) is 6.22. The maximum atomic E-state index is 13.9. The third-order valence-electron chi connectivity index (χ3n) is 6.98. The minimum atomic E-state index is -1.60. The molecule has 0 saturated heterocycles. The highest BCUT2D eigenvalue weighted by Crippen LogP contribution is 2.57. The number of aromatic hydroxyl groups is 2. The number of aromatic nitrogens is 3. The summed E-state index contributed by atoms with van der Waals surface area (Å²) in [6.45, 7) is 5.87. The number of phenols is 2. The molecule has 39 heavy (non-hydrogen) atoms. The fourth-order valence-corrected chi connectivity index (χ4v) is 5.49. The molecule has 3 aromatic rings. The van der Waals surface area contributed by atoms with Gasteiger partial charge in [-0.25, -0.2) is 4.68 Å². The van der Waals surface area contributed by atoms with Crippen LogP contribution in [0.1, 0.15) is 57.6 Å². The molecule has 2 aliphatic rings. The van der Waals surface area contributed by atoms with Crippen molar-refractivity contribution in [2.45, 2.75) is 46.2 Å². The van der Waals surface area contributed by atoms with E-state index in [4.69, 9.17) is 4.74 Å². The minimum Gasteiger partial charge on any atom is -0.507 e. The molecule has 200 valence electrons. The van der Waals surface area contributed by atoms with Crippen molar-refractivity contribution in [3.63, 3.8) is 0 Å². The molecule has 1 aliphatic heterocycles. The number of hydrogen-bond donors (Lipinski definition) is 3. The lowest BCUT2D eigenvalue weighted by Crippen LogP contribution is -2.41. The Morgan fingerprint density at radius 1 is 1.21 bits per heavy atom. The van der Waals surface area contributed by atoms with E-state index in [0.717, 1.165) is 6.08 Å². The van der Waals surface area contributed by atoms with E-state index in [9.17, 15) is 29.4 Å². The quantitative estimate of drug-likeness (QED) is 0.227. The van der Waals surface area contributed by atoms with Crippen LogP contribution in [0.3, 0.4) is 0 Å². The first kappa shape index (κ1) is 26.0. The number of Topliss-reactive ketones (excluding diaryl/α,β-unsaturated/α-hetero) is 3. The number of hydrogen-bond acceptors (Lipinski definition) is 11. The predicted octanol–water partition coefficient (Wildman–Crippen LogP) is 2.89. The number of nitrogens with zero attached hydrogens (tertiary/aromatic N) is 3. The van der Waals surface area contributed by atoms with E-state index in [-0.39, 0.29) is 64.1 Å². The number of phenolic OH excluding ortho intramolecular Hbond substituents is 2. The summed E-state index contributed by atoms with van der Waals surface area (Å²) in [5.41, 5.74) is -1.12. The zero-order chi connectivity index (χ0) is 28.2. The van der Waals surface area contributed by atoms with Crippen molar-refractivity contribution in [1.29, 1.82) is 0 Å². The number of nitrogens with one attached hydrogen (secondary N) is 1. The number of carbonyl (C=O) groups is 4. The van der Waals surface area contributed by atoms with Gasteiger partial charge in [-0.1, -0.05) is 11.3 Å². The average Bonchev–Trinajstić information content (AvgIpc) is 3.62. The van der Waals surface area contributed by atoms with Crippen molar-refractivity contribution in [1.82, 2.24) is 20.3 Å². The molecule has 0 bridgehead atoms. The van der Waals surface area contributed by atoms with Gasteiger partial charge in [-0.3, -0.25) is 19.2 Å². The first-order valence-electron chi connectivity index (χ1n) is 11.9. The molecular weight excluding hydrogens is 524 g/mol. The van der Waals surface area contributed by atoms with Crippen LogP contribution < -0.4 is 10.1 Å². The molecule has 11 nitrogen and oxygen atoms in total. The summed E-state index contributed by atoms with van der Waals surface area (Å²) in [5, 5.41) is 34.2. The lowest BCUT2D eigenvalue weighted by atomic mass is 9.70. The van der Waals surface area contributed by atoms with Crippen LogP contribution in [0, 0.1) is 6.92 Å². The molecule has 3 heterocycles. The Morgan fingerprint density at radius 2 is 1.95 bits per heavy atom. The van der Waals surface area contributed by atoms with E-state index in [0.29, 0.717) is 10.6 Å². The second-order valence-corrected chi connectivity index (χ2v) is 10.5. The van der Waals surface area contributed by atoms with Crippen molar-refractivity contribution >= 4 is 34.5 Å². The Morgan fingerprint density at radius 3 is 2.62 bits per heavy atom. The van der Waals surface area contributed by atoms with E-state index in [1.165, 1.54) is 36.8 Å². The van der Waals surface area contributed by atoms with Crippen molar-refractivity contribution in [3.05, 3.63) is 74.1 Å². The van der Waals surface area contributed by atoms with Gasteiger partial charge in [-0.15, -0.1) is 16.4 Å². The van der Waals surface area contributed by atoms with Crippen LogP contribution in [0.4, 0.5) is 0 Å². The summed E-state index contributed by atoms with van der Waals surface area (Å²) in [4.78, 5) is 52.2. The van der Waals surface area contributed by atoms with Crippen LogP contribution in [0.15, 0.2) is 46.8 Å². The lowest BCUT2D eigenvalue weighted by Gasteiger charge is -2.29. The Hall–Kier alpha value is -4.58. The summed E-state index contributed by atoms with van der Waals surface area (Å²) in [6, 6.07) is 3.53.